The monoisotopic (exact) mass is 476 g/mol. The molecule has 3 heterocycles. The van der Waals surface area contributed by atoms with Gasteiger partial charge in [-0.3, -0.25) is 24.8 Å². The molecule has 4 rings (SSSR count). The number of fused-ring (bicyclic) bond motifs is 1. The molecule has 0 unspecified atom stereocenters. The van der Waals surface area contributed by atoms with E-state index in [1.807, 2.05) is 0 Å². The van der Waals surface area contributed by atoms with Crippen LogP contribution in [0.2, 0.25) is 0 Å². The van der Waals surface area contributed by atoms with Crippen LogP contribution in [-0.4, -0.2) is 70.6 Å². The van der Waals surface area contributed by atoms with Crippen molar-refractivity contribution in [3.8, 4) is 0 Å². The number of carbonyl (C=O) groups is 1. The number of nitro groups is 1. The summed E-state index contributed by atoms with van der Waals surface area (Å²) in [4.78, 5) is 34.9. The predicted molar refractivity (Wildman–Crippen MR) is 115 cm³/mol. The molecule has 13 nitrogen and oxygen atoms in total. The molecule has 1 aromatic carbocycles. The summed E-state index contributed by atoms with van der Waals surface area (Å²) in [5.41, 5.74) is 1.41. The van der Waals surface area contributed by atoms with Crippen LogP contribution in [0, 0.1) is 10.1 Å². The lowest BCUT2D eigenvalue weighted by molar-refractivity contribution is -0.384. The Morgan fingerprint density at radius 1 is 1.27 bits per heavy atom. The van der Waals surface area contributed by atoms with Gasteiger partial charge in [0.2, 0.25) is 11.9 Å². The van der Waals surface area contributed by atoms with Gasteiger partial charge in [-0.25, -0.2) is 9.97 Å². The van der Waals surface area contributed by atoms with E-state index in [1.54, 1.807) is 12.1 Å². The summed E-state index contributed by atoms with van der Waals surface area (Å²) >= 11 is 1.28. The van der Waals surface area contributed by atoms with Crippen LogP contribution in [-0.2, 0) is 15.3 Å². The highest BCUT2D eigenvalue weighted by Gasteiger charge is 2.44. The molecule has 174 valence electrons. The number of carbonyl (C=O) groups excluding carboxylic acids is 1. The number of amides is 1. The third kappa shape index (κ3) is 4.65. The first-order valence-electron chi connectivity index (χ1n) is 9.79. The Morgan fingerprint density at radius 3 is 2.61 bits per heavy atom. The van der Waals surface area contributed by atoms with E-state index in [9.17, 15) is 30.2 Å². The summed E-state index contributed by atoms with van der Waals surface area (Å²) in [6, 6.07) is 6.08. The third-order valence-corrected chi connectivity index (χ3v) is 6.03. The molecule has 0 spiro atoms. The van der Waals surface area contributed by atoms with Crippen LogP contribution in [0.25, 0.3) is 11.2 Å². The van der Waals surface area contributed by atoms with Gasteiger partial charge in [0.1, 0.15) is 28.9 Å². The number of benzene rings is 1. The Kier molecular flexibility index (Phi) is 6.53. The van der Waals surface area contributed by atoms with Crippen molar-refractivity contribution in [3.63, 3.8) is 0 Å². The first-order valence-corrected chi connectivity index (χ1v) is 10.8. The fourth-order valence-corrected chi connectivity index (χ4v) is 4.29. The molecule has 1 aliphatic rings. The lowest BCUT2D eigenvalue weighted by atomic mass is 10.1. The van der Waals surface area contributed by atoms with Crippen molar-refractivity contribution in [3.05, 3.63) is 46.3 Å². The molecule has 0 saturated carbocycles. The SMILES string of the molecule is CC(=O)Nc1nc(SCc2ccc([N+](=O)[O-])cc2)c2ncn([C@@H]3O[C@H](CO)[C@@H](O)[C@H]3O)c2n1. The van der Waals surface area contributed by atoms with Gasteiger partial charge in [0.05, 0.1) is 17.9 Å². The minimum Gasteiger partial charge on any atom is -0.394 e. The number of rotatable bonds is 7. The van der Waals surface area contributed by atoms with Crippen LogP contribution in [0.3, 0.4) is 0 Å². The maximum atomic E-state index is 11.6. The summed E-state index contributed by atoms with van der Waals surface area (Å²) in [7, 11) is 0. The molecule has 2 aromatic heterocycles. The van der Waals surface area contributed by atoms with Crippen molar-refractivity contribution >= 4 is 40.5 Å². The normalized spacial score (nSPS) is 22.5. The molecule has 1 aliphatic heterocycles. The number of non-ortho nitro benzene ring substituents is 1. The molecule has 4 N–H and O–H groups in total. The maximum Gasteiger partial charge on any atom is 0.269 e. The van der Waals surface area contributed by atoms with Crippen LogP contribution in [0.4, 0.5) is 11.6 Å². The third-order valence-electron chi connectivity index (χ3n) is 4.99. The van der Waals surface area contributed by atoms with E-state index in [-0.39, 0.29) is 23.2 Å². The topological polar surface area (TPSA) is 186 Å². The number of thioether (sulfide) groups is 1. The smallest absolute Gasteiger partial charge is 0.269 e. The Labute approximate surface area is 190 Å². The molecule has 4 atom stereocenters. The molecular formula is C19H20N6O7S. The Balaban J connectivity index is 1.67. The standard InChI is InChI=1S/C19H20N6O7S/c1-9(27)21-19-22-16-13(20-8-24(16)18-15(29)14(28)12(6-26)32-18)17(23-19)33-7-10-2-4-11(5-3-10)25(30)31/h2-5,8,12,14-15,18,26,28-29H,6-7H2,1H3,(H,21,22,23,27)/t12-,14-,15-,18-/m1/s1. The molecular weight excluding hydrogens is 456 g/mol. The lowest BCUT2D eigenvalue weighted by Crippen LogP contribution is -2.33. The second-order valence-electron chi connectivity index (χ2n) is 7.30. The summed E-state index contributed by atoms with van der Waals surface area (Å²) in [5, 5.41) is 43.6. The Morgan fingerprint density at radius 2 is 2.00 bits per heavy atom. The van der Waals surface area contributed by atoms with Crippen LogP contribution in [0.1, 0.15) is 18.7 Å². The molecule has 3 aromatic rings. The average Bonchev–Trinajstić information content (AvgIpc) is 3.32. The van der Waals surface area contributed by atoms with Gasteiger partial charge in [-0.1, -0.05) is 23.9 Å². The van der Waals surface area contributed by atoms with Gasteiger partial charge >= 0.3 is 0 Å². The zero-order valence-corrected chi connectivity index (χ0v) is 18.0. The molecule has 0 aliphatic carbocycles. The van der Waals surface area contributed by atoms with Crippen molar-refractivity contribution in [2.24, 2.45) is 0 Å². The number of nitrogens with one attached hydrogen (secondary N) is 1. The van der Waals surface area contributed by atoms with Gasteiger partial charge in [-0.2, -0.15) is 4.98 Å². The number of hydrogen-bond acceptors (Lipinski definition) is 11. The van der Waals surface area contributed by atoms with Gasteiger partial charge in [-0.15, -0.1) is 0 Å². The van der Waals surface area contributed by atoms with E-state index < -0.39 is 36.1 Å². The van der Waals surface area contributed by atoms with Crippen LogP contribution in [0.15, 0.2) is 35.6 Å². The van der Waals surface area contributed by atoms with Crippen molar-refractivity contribution < 1.29 is 29.8 Å². The number of ether oxygens (including phenoxy) is 1. The highest BCUT2D eigenvalue weighted by molar-refractivity contribution is 7.98. The molecule has 0 bridgehead atoms. The number of aliphatic hydroxyl groups is 3. The molecule has 1 amide bonds. The minimum absolute atomic E-state index is 0.00897. The minimum atomic E-state index is -1.34. The highest BCUT2D eigenvalue weighted by Crippen LogP contribution is 2.34. The molecule has 33 heavy (non-hydrogen) atoms. The van der Waals surface area contributed by atoms with Gasteiger partial charge < -0.3 is 20.1 Å². The zero-order valence-electron chi connectivity index (χ0n) is 17.2. The van der Waals surface area contributed by atoms with E-state index in [0.717, 1.165) is 5.56 Å². The van der Waals surface area contributed by atoms with Crippen LogP contribution >= 0.6 is 11.8 Å². The number of anilines is 1. The fourth-order valence-electron chi connectivity index (χ4n) is 3.37. The van der Waals surface area contributed by atoms with Crippen molar-refractivity contribution in [2.45, 2.75) is 42.2 Å². The summed E-state index contributed by atoms with van der Waals surface area (Å²) in [6.45, 7) is 0.824. The first-order chi connectivity index (χ1) is 15.8. The maximum absolute atomic E-state index is 11.6. The highest BCUT2D eigenvalue weighted by atomic mass is 32.2. The van der Waals surface area contributed by atoms with E-state index in [1.165, 1.54) is 41.7 Å². The number of aromatic nitrogens is 4. The number of hydrogen-bond donors (Lipinski definition) is 4. The van der Waals surface area contributed by atoms with Gasteiger partial charge in [0.15, 0.2) is 11.9 Å². The van der Waals surface area contributed by atoms with Gasteiger partial charge in [0, 0.05) is 24.8 Å². The predicted octanol–water partition coefficient (Wildman–Crippen LogP) is 0.597. The van der Waals surface area contributed by atoms with E-state index in [2.05, 4.69) is 20.3 Å². The van der Waals surface area contributed by atoms with Crippen molar-refractivity contribution in [2.75, 3.05) is 11.9 Å². The lowest BCUT2D eigenvalue weighted by Gasteiger charge is -2.17. The average molecular weight is 476 g/mol. The molecule has 0 radical (unpaired) electrons. The molecule has 1 fully saturated rings. The van der Waals surface area contributed by atoms with E-state index in [4.69, 9.17) is 4.74 Å². The van der Waals surface area contributed by atoms with E-state index in [0.29, 0.717) is 16.3 Å². The van der Waals surface area contributed by atoms with Crippen molar-refractivity contribution in [1.29, 1.82) is 0 Å². The van der Waals surface area contributed by atoms with Gasteiger partial charge in [-0.05, 0) is 5.56 Å². The number of nitrogens with zero attached hydrogens (tertiary/aromatic N) is 5. The summed E-state index contributed by atoms with van der Waals surface area (Å²) < 4.78 is 6.98. The Hall–Kier alpha value is -3.17. The number of aliphatic hydroxyl groups excluding tert-OH is 3. The second kappa shape index (κ2) is 9.36. The summed E-state index contributed by atoms with van der Waals surface area (Å²) in [6.07, 6.45) is -3.31. The number of nitro benzene ring substituents is 1. The zero-order chi connectivity index (χ0) is 23.7. The fraction of sp³-hybridized carbons (Fsp3) is 0.368. The van der Waals surface area contributed by atoms with Crippen LogP contribution in [0.5, 0.6) is 0 Å². The van der Waals surface area contributed by atoms with Crippen LogP contribution < -0.4 is 5.32 Å². The Bertz CT molecular complexity index is 1190. The van der Waals surface area contributed by atoms with Crippen molar-refractivity contribution in [1.82, 2.24) is 19.5 Å². The van der Waals surface area contributed by atoms with Gasteiger partial charge in [0.25, 0.3) is 5.69 Å². The quantitative estimate of drug-likeness (QED) is 0.162. The summed E-state index contributed by atoms with van der Waals surface area (Å²) in [5.74, 6) is 0.0268. The van der Waals surface area contributed by atoms with E-state index >= 15 is 0 Å². The largest absolute Gasteiger partial charge is 0.394 e. The molecule has 14 heteroatoms. The first kappa shape index (κ1) is 23.0. The second-order valence-corrected chi connectivity index (χ2v) is 8.26. The molecule has 1 saturated heterocycles. The number of imidazole rings is 1.